The minimum Gasteiger partial charge on any atom is -0.497 e. The molecule has 0 aliphatic rings. The van der Waals surface area contributed by atoms with Gasteiger partial charge in [0.1, 0.15) is 17.3 Å². The van der Waals surface area contributed by atoms with Gasteiger partial charge in [-0.2, -0.15) is 13.2 Å². The second-order valence-electron chi connectivity index (χ2n) is 4.92. The van der Waals surface area contributed by atoms with Gasteiger partial charge in [-0.25, -0.2) is 9.37 Å². The molecule has 23 heavy (non-hydrogen) atoms. The first kappa shape index (κ1) is 15.3. The average molecular weight is 321 g/mol. The lowest BCUT2D eigenvalue weighted by Gasteiger charge is -2.13. The van der Waals surface area contributed by atoms with Crippen molar-refractivity contribution in [2.24, 2.45) is 0 Å². The summed E-state index contributed by atoms with van der Waals surface area (Å²) in [5.74, 6) is -0.272. The third-order valence-corrected chi connectivity index (χ3v) is 3.47. The standard InChI is InChI=1S/C17H11F4NO/c1-23-10-6-7-14(18)13(8-10)12-9-16(17(19,20)21)22-15-5-3-2-4-11(12)15/h2-9H,1H3. The van der Waals surface area contributed by atoms with Gasteiger partial charge in [0, 0.05) is 10.9 Å². The van der Waals surface area contributed by atoms with E-state index in [9.17, 15) is 17.6 Å². The van der Waals surface area contributed by atoms with Crippen molar-refractivity contribution in [1.29, 1.82) is 0 Å². The highest BCUT2D eigenvalue weighted by atomic mass is 19.4. The highest BCUT2D eigenvalue weighted by molar-refractivity contribution is 5.95. The van der Waals surface area contributed by atoms with Crippen LogP contribution in [-0.2, 0) is 6.18 Å². The van der Waals surface area contributed by atoms with Crippen molar-refractivity contribution in [3.8, 4) is 16.9 Å². The molecule has 1 heterocycles. The molecular formula is C17H11F4NO. The zero-order chi connectivity index (χ0) is 16.6. The number of alkyl halides is 3. The van der Waals surface area contributed by atoms with E-state index in [-0.39, 0.29) is 16.6 Å². The van der Waals surface area contributed by atoms with E-state index in [2.05, 4.69) is 4.98 Å². The van der Waals surface area contributed by atoms with Crippen LogP contribution in [0.3, 0.4) is 0 Å². The summed E-state index contributed by atoms with van der Waals surface area (Å²) in [5.41, 5.74) is -0.749. The summed E-state index contributed by atoms with van der Waals surface area (Å²) in [5, 5.41) is 0.438. The van der Waals surface area contributed by atoms with Crippen molar-refractivity contribution in [3.05, 3.63) is 60.0 Å². The van der Waals surface area contributed by atoms with E-state index in [1.54, 1.807) is 18.2 Å². The van der Waals surface area contributed by atoms with Gasteiger partial charge in [0.2, 0.25) is 0 Å². The highest BCUT2D eigenvalue weighted by Gasteiger charge is 2.33. The van der Waals surface area contributed by atoms with Crippen molar-refractivity contribution >= 4 is 10.9 Å². The lowest BCUT2D eigenvalue weighted by molar-refractivity contribution is -0.140. The predicted molar refractivity (Wildman–Crippen MR) is 78.7 cm³/mol. The molecule has 6 heteroatoms. The van der Waals surface area contributed by atoms with Gasteiger partial charge >= 0.3 is 6.18 Å². The fourth-order valence-electron chi connectivity index (χ4n) is 2.38. The summed E-state index contributed by atoms with van der Waals surface area (Å²) in [6.07, 6.45) is -4.62. The van der Waals surface area contributed by atoms with Crippen LogP contribution in [-0.4, -0.2) is 12.1 Å². The summed E-state index contributed by atoms with van der Waals surface area (Å²) >= 11 is 0. The molecule has 3 aromatic rings. The van der Waals surface area contributed by atoms with Crippen molar-refractivity contribution in [3.63, 3.8) is 0 Å². The Morgan fingerprint density at radius 2 is 1.70 bits per heavy atom. The van der Waals surface area contributed by atoms with E-state index in [1.807, 2.05) is 0 Å². The van der Waals surface area contributed by atoms with Crippen LogP contribution in [0.15, 0.2) is 48.5 Å². The maximum absolute atomic E-state index is 14.2. The van der Waals surface area contributed by atoms with Crippen molar-refractivity contribution in [2.75, 3.05) is 7.11 Å². The van der Waals surface area contributed by atoms with Crippen LogP contribution >= 0.6 is 0 Å². The second kappa shape index (κ2) is 5.53. The van der Waals surface area contributed by atoms with Crippen molar-refractivity contribution in [2.45, 2.75) is 6.18 Å². The number of benzene rings is 2. The van der Waals surface area contributed by atoms with Crippen LogP contribution in [0.5, 0.6) is 5.75 Å². The van der Waals surface area contributed by atoms with Gasteiger partial charge in [-0.15, -0.1) is 0 Å². The van der Waals surface area contributed by atoms with Crippen molar-refractivity contribution in [1.82, 2.24) is 4.98 Å². The Bertz CT molecular complexity index is 874. The molecule has 0 radical (unpaired) electrons. The molecule has 0 spiro atoms. The quantitative estimate of drug-likeness (QED) is 0.615. The summed E-state index contributed by atoms with van der Waals surface area (Å²) in [7, 11) is 1.41. The first-order valence-electron chi connectivity index (χ1n) is 6.71. The Morgan fingerprint density at radius 3 is 2.39 bits per heavy atom. The maximum Gasteiger partial charge on any atom is 0.433 e. The number of hydrogen-bond acceptors (Lipinski definition) is 2. The molecule has 0 bridgehead atoms. The minimum absolute atomic E-state index is 0.0356. The first-order chi connectivity index (χ1) is 10.9. The number of hydrogen-bond donors (Lipinski definition) is 0. The van der Waals surface area contributed by atoms with E-state index >= 15 is 0 Å². The molecule has 0 fully saturated rings. The number of nitrogens with zero attached hydrogens (tertiary/aromatic N) is 1. The molecule has 3 rings (SSSR count). The summed E-state index contributed by atoms with van der Waals surface area (Å²) in [6, 6.07) is 11.1. The van der Waals surface area contributed by atoms with Gasteiger partial charge in [-0.3, -0.25) is 0 Å². The fraction of sp³-hybridized carbons (Fsp3) is 0.118. The highest BCUT2D eigenvalue weighted by Crippen LogP contribution is 2.37. The van der Waals surface area contributed by atoms with E-state index < -0.39 is 17.7 Å². The Labute approximate surface area is 129 Å². The normalized spacial score (nSPS) is 11.7. The number of rotatable bonds is 2. The lowest BCUT2D eigenvalue weighted by Crippen LogP contribution is -2.08. The van der Waals surface area contributed by atoms with E-state index in [4.69, 9.17) is 4.74 Å². The second-order valence-corrected chi connectivity index (χ2v) is 4.92. The first-order valence-corrected chi connectivity index (χ1v) is 6.71. The van der Waals surface area contributed by atoms with Gasteiger partial charge in [0.15, 0.2) is 0 Å². The molecule has 118 valence electrons. The van der Waals surface area contributed by atoms with Crippen LogP contribution in [0.4, 0.5) is 17.6 Å². The fourth-order valence-corrected chi connectivity index (χ4v) is 2.38. The van der Waals surface area contributed by atoms with Crippen LogP contribution in [0, 0.1) is 5.82 Å². The maximum atomic E-state index is 14.2. The van der Waals surface area contributed by atoms with Gasteiger partial charge < -0.3 is 4.74 Å². The summed E-state index contributed by atoms with van der Waals surface area (Å²) < 4.78 is 58.5. The largest absolute Gasteiger partial charge is 0.497 e. The van der Waals surface area contributed by atoms with Gasteiger partial charge in [-0.1, -0.05) is 18.2 Å². The molecular weight excluding hydrogens is 310 g/mol. The van der Waals surface area contributed by atoms with Gasteiger partial charge in [0.05, 0.1) is 12.6 Å². The number of para-hydroxylation sites is 1. The molecule has 2 aromatic carbocycles. The van der Waals surface area contributed by atoms with Crippen LogP contribution < -0.4 is 4.74 Å². The molecule has 0 aliphatic carbocycles. The smallest absolute Gasteiger partial charge is 0.433 e. The number of aromatic nitrogens is 1. The molecule has 0 saturated carbocycles. The van der Waals surface area contributed by atoms with E-state index in [0.717, 1.165) is 12.1 Å². The van der Waals surface area contributed by atoms with Gasteiger partial charge in [0.25, 0.3) is 0 Å². The Balaban J connectivity index is 2.36. The minimum atomic E-state index is -4.62. The number of fused-ring (bicyclic) bond motifs is 1. The van der Waals surface area contributed by atoms with E-state index in [0.29, 0.717) is 11.1 Å². The topological polar surface area (TPSA) is 22.1 Å². The Morgan fingerprint density at radius 1 is 0.957 bits per heavy atom. The third kappa shape index (κ3) is 2.84. The molecule has 2 nitrogen and oxygen atoms in total. The Kier molecular flexibility index (Phi) is 3.67. The molecule has 0 atom stereocenters. The Hall–Kier alpha value is -2.63. The molecule has 0 aliphatic heterocycles. The van der Waals surface area contributed by atoms with Crippen LogP contribution in [0.1, 0.15) is 5.69 Å². The van der Waals surface area contributed by atoms with Crippen LogP contribution in [0.25, 0.3) is 22.0 Å². The zero-order valence-electron chi connectivity index (χ0n) is 12.0. The molecule has 1 aromatic heterocycles. The van der Waals surface area contributed by atoms with E-state index in [1.165, 1.54) is 25.3 Å². The molecule has 0 unspecified atom stereocenters. The predicted octanol–water partition coefficient (Wildman–Crippen LogP) is 5.07. The summed E-state index contributed by atoms with van der Waals surface area (Å²) in [4.78, 5) is 3.63. The van der Waals surface area contributed by atoms with Crippen molar-refractivity contribution < 1.29 is 22.3 Å². The summed E-state index contributed by atoms with van der Waals surface area (Å²) in [6.45, 7) is 0. The molecule has 0 saturated heterocycles. The number of halogens is 4. The van der Waals surface area contributed by atoms with Crippen LogP contribution in [0.2, 0.25) is 0 Å². The third-order valence-electron chi connectivity index (χ3n) is 3.47. The molecule has 0 N–H and O–H groups in total. The average Bonchev–Trinajstić information content (AvgIpc) is 2.53. The SMILES string of the molecule is COc1ccc(F)c(-c2cc(C(F)(F)F)nc3ccccc23)c1. The lowest BCUT2D eigenvalue weighted by atomic mass is 9.99. The number of pyridine rings is 1. The molecule has 0 amide bonds. The monoisotopic (exact) mass is 321 g/mol. The zero-order valence-corrected chi connectivity index (χ0v) is 12.0. The van der Waals surface area contributed by atoms with Gasteiger partial charge in [-0.05, 0) is 35.9 Å². The number of ether oxygens (including phenoxy) is 1. The number of methoxy groups -OCH3 is 1.